The van der Waals surface area contributed by atoms with Crippen molar-refractivity contribution in [2.24, 2.45) is 0 Å². The predicted molar refractivity (Wildman–Crippen MR) is 75.9 cm³/mol. The average molecular weight is 248 g/mol. The number of hydrogen-bond donors (Lipinski definition) is 2. The molecule has 1 aliphatic carbocycles. The van der Waals surface area contributed by atoms with Crippen LogP contribution in [0.2, 0.25) is 0 Å². The van der Waals surface area contributed by atoms with E-state index < -0.39 is 0 Å². The summed E-state index contributed by atoms with van der Waals surface area (Å²) < 4.78 is 0. The number of anilines is 1. The molecule has 0 saturated heterocycles. The van der Waals surface area contributed by atoms with Gasteiger partial charge in [0.2, 0.25) is 0 Å². The number of nitrogens with zero attached hydrogens (tertiary/aromatic N) is 1. The minimum atomic E-state index is 0.279. The molecule has 1 aliphatic rings. The molecule has 0 aromatic heterocycles. The molecule has 0 radical (unpaired) electrons. The molecular weight excluding hydrogens is 224 g/mol. The van der Waals surface area contributed by atoms with Gasteiger partial charge in [-0.15, -0.1) is 0 Å². The highest BCUT2D eigenvalue weighted by Gasteiger charge is 2.24. The maximum Gasteiger partial charge on any atom is 0.0447 e. The zero-order valence-electron chi connectivity index (χ0n) is 11.2. The van der Waals surface area contributed by atoms with E-state index in [4.69, 9.17) is 5.11 Å². The summed E-state index contributed by atoms with van der Waals surface area (Å²) in [6.07, 6.45) is 4.79. The highest BCUT2D eigenvalue weighted by Crippen LogP contribution is 2.29. The molecule has 3 heteroatoms. The molecule has 0 spiro atoms. The Labute approximate surface area is 110 Å². The third kappa shape index (κ3) is 3.24. The summed E-state index contributed by atoms with van der Waals surface area (Å²) in [7, 11) is 1.97. The number of aliphatic hydroxyl groups is 1. The third-order valence-corrected chi connectivity index (χ3v) is 3.72. The van der Waals surface area contributed by atoms with Crippen molar-refractivity contribution in [2.75, 3.05) is 25.1 Å². The van der Waals surface area contributed by atoms with Crippen molar-refractivity contribution >= 4 is 5.69 Å². The minimum Gasteiger partial charge on any atom is -0.396 e. The Morgan fingerprint density at radius 2 is 2.00 bits per heavy atom. The van der Waals surface area contributed by atoms with Crippen LogP contribution < -0.4 is 10.2 Å². The normalized spacial score (nSPS) is 15.4. The van der Waals surface area contributed by atoms with E-state index in [0.717, 1.165) is 19.5 Å². The van der Waals surface area contributed by atoms with Gasteiger partial charge in [-0.25, -0.2) is 0 Å². The molecule has 2 N–H and O–H groups in total. The van der Waals surface area contributed by atoms with Gasteiger partial charge in [-0.3, -0.25) is 0 Å². The number of rotatable bonds is 7. The summed E-state index contributed by atoms with van der Waals surface area (Å²) in [4.78, 5) is 2.46. The van der Waals surface area contributed by atoms with Crippen LogP contribution in [0.25, 0.3) is 0 Å². The Morgan fingerprint density at radius 3 is 2.50 bits per heavy atom. The lowest BCUT2D eigenvalue weighted by Gasteiger charge is -2.39. The van der Waals surface area contributed by atoms with E-state index in [1.165, 1.54) is 30.5 Å². The van der Waals surface area contributed by atoms with Crippen molar-refractivity contribution < 1.29 is 5.11 Å². The van der Waals surface area contributed by atoms with Crippen LogP contribution in [0.1, 0.15) is 31.2 Å². The fourth-order valence-corrected chi connectivity index (χ4v) is 2.47. The van der Waals surface area contributed by atoms with Gasteiger partial charge in [0.1, 0.15) is 0 Å². The molecule has 0 amide bonds. The van der Waals surface area contributed by atoms with Crippen molar-refractivity contribution in [1.29, 1.82) is 0 Å². The van der Waals surface area contributed by atoms with E-state index in [1.54, 1.807) is 0 Å². The zero-order valence-corrected chi connectivity index (χ0v) is 11.2. The molecular formula is C15H24N2O. The Balaban J connectivity index is 2.03. The second kappa shape index (κ2) is 6.76. The highest BCUT2D eigenvalue weighted by molar-refractivity contribution is 5.49. The molecule has 100 valence electrons. The van der Waals surface area contributed by atoms with Crippen LogP contribution in [0.15, 0.2) is 24.3 Å². The van der Waals surface area contributed by atoms with Crippen molar-refractivity contribution in [3.63, 3.8) is 0 Å². The monoisotopic (exact) mass is 248 g/mol. The minimum absolute atomic E-state index is 0.279. The SMILES string of the molecule is CNCc1ccc(N(CCCO)C2CCC2)cc1. The maximum atomic E-state index is 9.01. The topological polar surface area (TPSA) is 35.5 Å². The lowest BCUT2D eigenvalue weighted by molar-refractivity contribution is 0.283. The molecule has 0 bridgehead atoms. The Morgan fingerprint density at radius 1 is 1.28 bits per heavy atom. The second-order valence-electron chi connectivity index (χ2n) is 5.05. The third-order valence-electron chi connectivity index (χ3n) is 3.72. The summed E-state index contributed by atoms with van der Waals surface area (Å²) in [5.74, 6) is 0. The van der Waals surface area contributed by atoms with Gasteiger partial charge in [0.05, 0.1) is 0 Å². The highest BCUT2D eigenvalue weighted by atomic mass is 16.3. The standard InChI is InChI=1S/C15H24N2O/c1-16-12-13-6-8-15(9-7-13)17(10-3-11-18)14-4-2-5-14/h6-9,14,16,18H,2-5,10-12H2,1H3. The van der Waals surface area contributed by atoms with Crippen molar-refractivity contribution in [3.05, 3.63) is 29.8 Å². The molecule has 1 saturated carbocycles. The smallest absolute Gasteiger partial charge is 0.0447 e. The van der Waals surface area contributed by atoms with Crippen LogP contribution >= 0.6 is 0 Å². The van der Waals surface area contributed by atoms with Gasteiger partial charge < -0.3 is 15.3 Å². The van der Waals surface area contributed by atoms with E-state index in [2.05, 4.69) is 34.5 Å². The first-order valence-corrected chi connectivity index (χ1v) is 6.96. The van der Waals surface area contributed by atoms with E-state index in [9.17, 15) is 0 Å². The fraction of sp³-hybridized carbons (Fsp3) is 0.600. The predicted octanol–water partition coefficient (Wildman–Crippen LogP) is 2.15. The van der Waals surface area contributed by atoms with Crippen molar-refractivity contribution in [3.8, 4) is 0 Å². The maximum absolute atomic E-state index is 9.01. The van der Waals surface area contributed by atoms with Crippen molar-refractivity contribution in [1.82, 2.24) is 5.32 Å². The van der Waals surface area contributed by atoms with E-state index in [0.29, 0.717) is 6.04 Å². The summed E-state index contributed by atoms with van der Waals surface area (Å²) >= 11 is 0. The van der Waals surface area contributed by atoms with E-state index in [1.807, 2.05) is 7.05 Å². The number of aliphatic hydroxyl groups excluding tert-OH is 1. The summed E-state index contributed by atoms with van der Waals surface area (Å²) in [5.41, 5.74) is 2.62. The fourth-order valence-electron chi connectivity index (χ4n) is 2.47. The average Bonchev–Trinajstić information content (AvgIpc) is 2.33. The van der Waals surface area contributed by atoms with E-state index >= 15 is 0 Å². The molecule has 0 unspecified atom stereocenters. The quantitative estimate of drug-likeness (QED) is 0.776. The van der Waals surface area contributed by atoms with Crippen LogP contribution in [0.5, 0.6) is 0 Å². The first-order chi connectivity index (χ1) is 8.85. The van der Waals surface area contributed by atoms with Gasteiger partial charge >= 0.3 is 0 Å². The first-order valence-electron chi connectivity index (χ1n) is 6.96. The largest absolute Gasteiger partial charge is 0.396 e. The van der Waals surface area contributed by atoms with Crippen LogP contribution in [-0.2, 0) is 6.54 Å². The van der Waals surface area contributed by atoms with Crippen LogP contribution in [0.3, 0.4) is 0 Å². The van der Waals surface area contributed by atoms with Gasteiger partial charge in [-0.2, -0.15) is 0 Å². The number of hydrogen-bond acceptors (Lipinski definition) is 3. The lowest BCUT2D eigenvalue weighted by atomic mass is 9.91. The molecule has 1 aromatic rings. The molecule has 3 nitrogen and oxygen atoms in total. The number of nitrogens with one attached hydrogen (secondary N) is 1. The Bertz CT molecular complexity index is 346. The van der Waals surface area contributed by atoms with Crippen LogP contribution in [0.4, 0.5) is 5.69 Å². The van der Waals surface area contributed by atoms with Crippen LogP contribution in [-0.4, -0.2) is 31.3 Å². The van der Waals surface area contributed by atoms with Crippen LogP contribution in [0, 0.1) is 0 Å². The molecule has 1 fully saturated rings. The van der Waals surface area contributed by atoms with Gasteiger partial charge in [-0.1, -0.05) is 12.1 Å². The molecule has 0 heterocycles. The molecule has 2 rings (SSSR count). The van der Waals surface area contributed by atoms with Gasteiger partial charge in [0, 0.05) is 31.4 Å². The van der Waals surface area contributed by atoms with Gasteiger partial charge in [-0.05, 0) is 50.4 Å². The molecule has 0 aliphatic heterocycles. The second-order valence-corrected chi connectivity index (χ2v) is 5.05. The molecule has 18 heavy (non-hydrogen) atoms. The van der Waals surface area contributed by atoms with Crippen molar-refractivity contribution in [2.45, 2.75) is 38.3 Å². The summed E-state index contributed by atoms with van der Waals surface area (Å²) in [5, 5.41) is 12.2. The Hall–Kier alpha value is -1.06. The lowest BCUT2D eigenvalue weighted by Crippen LogP contribution is -2.41. The van der Waals surface area contributed by atoms with Gasteiger partial charge in [0.15, 0.2) is 0 Å². The zero-order chi connectivity index (χ0) is 12.8. The number of benzene rings is 1. The first kappa shape index (κ1) is 13.4. The Kier molecular flexibility index (Phi) is 5.02. The summed E-state index contributed by atoms with van der Waals surface area (Å²) in [6.45, 7) is 2.16. The molecule has 1 aromatic carbocycles. The van der Waals surface area contributed by atoms with Gasteiger partial charge in [0.25, 0.3) is 0 Å². The van der Waals surface area contributed by atoms with E-state index in [-0.39, 0.29) is 6.61 Å². The molecule has 0 atom stereocenters. The summed E-state index contributed by atoms with van der Waals surface area (Å²) in [6, 6.07) is 9.49.